The maximum absolute atomic E-state index is 2.88. The lowest BCUT2D eigenvalue weighted by Gasteiger charge is -2.58. The molecule has 4 bridgehead atoms. The quantitative estimate of drug-likeness (QED) is 0.328. The van der Waals surface area contributed by atoms with Gasteiger partial charge in [-0.05, 0) is 105 Å². The lowest BCUT2D eigenvalue weighted by molar-refractivity contribution is 0.105. The molecule has 0 nitrogen and oxygen atoms in total. The molecule has 0 aliphatic heterocycles. The van der Waals surface area contributed by atoms with Gasteiger partial charge in [0, 0.05) is 5.16 Å². The zero-order valence-electron chi connectivity index (χ0n) is 18.8. The van der Waals surface area contributed by atoms with Crippen molar-refractivity contribution in [2.45, 2.75) is 110 Å². The summed E-state index contributed by atoms with van der Waals surface area (Å²) in [4.78, 5) is 0. The van der Waals surface area contributed by atoms with Crippen molar-refractivity contribution >= 4 is 7.92 Å². The Bertz CT molecular complexity index is 526. The normalized spacial score (nSPS) is 48.0. The molecule has 0 N–H and O–H groups in total. The van der Waals surface area contributed by atoms with Crippen LogP contribution in [0.25, 0.3) is 0 Å². The van der Waals surface area contributed by atoms with Gasteiger partial charge in [-0.25, -0.2) is 0 Å². The van der Waals surface area contributed by atoms with Crippen LogP contribution < -0.4 is 0 Å². The number of rotatable bonds is 5. The Morgan fingerprint density at radius 2 is 1.59 bits per heavy atom. The minimum atomic E-state index is 0.125. The number of fused-ring (bicyclic) bond motifs is 6. The minimum absolute atomic E-state index is 0.125. The molecule has 1 heteroatoms. The highest BCUT2D eigenvalue weighted by Crippen LogP contribution is 2.69. The summed E-state index contributed by atoms with van der Waals surface area (Å²) < 4.78 is 0. The Balaban J connectivity index is 1.62. The van der Waals surface area contributed by atoms with E-state index in [-0.39, 0.29) is 7.92 Å². The summed E-state index contributed by atoms with van der Waals surface area (Å²) in [6.45, 7) is 12.8. The summed E-state index contributed by atoms with van der Waals surface area (Å²) in [5, 5.41) is 0.540. The molecule has 3 saturated carbocycles. The van der Waals surface area contributed by atoms with E-state index in [9.17, 15) is 0 Å². The summed E-state index contributed by atoms with van der Waals surface area (Å²) in [5.74, 6) is 6.05. The van der Waals surface area contributed by atoms with Gasteiger partial charge in [0.1, 0.15) is 0 Å². The van der Waals surface area contributed by atoms with Crippen molar-refractivity contribution in [3.8, 4) is 0 Å². The molecule has 154 valence electrons. The number of unbranched alkanes of at least 4 members (excludes halogenated alkanes) is 1. The first-order valence-electron chi connectivity index (χ1n) is 12.3. The van der Waals surface area contributed by atoms with E-state index in [2.05, 4.69) is 40.7 Å². The predicted octanol–water partition coefficient (Wildman–Crippen LogP) is 8.25. The number of hydrogen-bond acceptors (Lipinski definition) is 0. The maximum Gasteiger partial charge on any atom is 0.00633 e. The number of hydrogen-bond donors (Lipinski definition) is 0. The van der Waals surface area contributed by atoms with Crippen molar-refractivity contribution in [2.75, 3.05) is 6.16 Å². The second kappa shape index (κ2) is 8.13. The van der Waals surface area contributed by atoms with Gasteiger partial charge in [0.05, 0.1) is 0 Å². The molecule has 27 heavy (non-hydrogen) atoms. The molecular weight excluding hydrogens is 343 g/mol. The van der Waals surface area contributed by atoms with E-state index < -0.39 is 0 Å². The monoisotopic (exact) mass is 388 g/mol. The van der Waals surface area contributed by atoms with Gasteiger partial charge in [-0.3, -0.25) is 0 Å². The SMILES string of the molecule is CCCCP(C1C2CC(C)CC(C)CC1C2)C1(C)C=C2CC(C2)CC(C)C1. The highest BCUT2D eigenvalue weighted by atomic mass is 31.1. The first-order chi connectivity index (χ1) is 12.9. The Morgan fingerprint density at radius 1 is 0.926 bits per heavy atom. The van der Waals surface area contributed by atoms with E-state index in [1.54, 1.807) is 25.4 Å². The van der Waals surface area contributed by atoms with Crippen molar-refractivity contribution < 1.29 is 0 Å². The van der Waals surface area contributed by atoms with Crippen molar-refractivity contribution in [3.05, 3.63) is 11.6 Å². The van der Waals surface area contributed by atoms with Crippen LogP contribution in [0.2, 0.25) is 0 Å². The minimum Gasteiger partial charge on any atom is -0.0929 e. The molecule has 5 aliphatic carbocycles. The van der Waals surface area contributed by atoms with Gasteiger partial charge in [0.15, 0.2) is 0 Å². The average molecular weight is 389 g/mol. The van der Waals surface area contributed by atoms with E-state index in [0.29, 0.717) is 5.16 Å². The molecule has 0 aromatic heterocycles. The maximum atomic E-state index is 2.88. The molecule has 5 aliphatic rings. The fraction of sp³-hybridized carbons (Fsp3) is 0.923. The van der Waals surface area contributed by atoms with Crippen molar-refractivity contribution in [1.82, 2.24) is 0 Å². The van der Waals surface area contributed by atoms with Crippen LogP contribution >= 0.6 is 7.92 Å². The Kier molecular flexibility index (Phi) is 6.15. The van der Waals surface area contributed by atoms with Gasteiger partial charge >= 0.3 is 0 Å². The van der Waals surface area contributed by atoms with E-state index in [1.807, 2.05) is 5.57 Å². The van der Waals surface area contributed by atoms with Crippen LogP contribution in [0.5, 0.6) is 0 Å². The molecule has 7 unspecified atom stereocenters. The van der Waals surface area contributed by atoms with Crippen LogP contribution in [0.15, 0.2) is 11.6 Å². The third kappa shape index (κ3) is 4.22. The summed E-state index contributed by atoms with van der Waals surface area (Å²) >= 11 is 0. The standard InChI is InChI=1S/C26H45P/c1-6-7-8-27(25-23-11-18(2)9-19(3)12-24(25)15-23)26(5)16-20(4)10-21-13-22(14-21)17-26/h17-21,23-25H,6-16H2,1-5H3. The van der Waals surface area contributed by atoms with Crippen LogP contribution in [0.4, 0.5) is 0 Å². The lowest BCUT2D eigenvalue weighted by atomic mass is 9.64. The third-order valence-corrected chi connectivity index (χ3v) is 12.7. The summed E-state index contributed by atoms with van der Waals surface area (Å²) in [5.41, 5.74) is 2.95. The molecule has 0 heterocycles. The Hall–Kier alpha value is 0.170. The highest BCUT2D eigenvalue weighted by molar-refractivity contribution is 7.60. The molecule has 7 atom stereocenters. The van der Waals surface area contributed by atoms with E-state index in [0.717, 1.165) is 41.2 Å². The average Bonchev–Trinajstić information content (AvgIpc) is 2.51. The summed E-state index contributed by atoms with van der Waals surface area (Å²) in [7, 11) is 0.125. The number of allylic oxidation sites excluding steroid dienone is 2. The van der Waals surface area contributed by atoms with Gasteiger partial charge in [-0.15, -0.1) is 0 Å². The second-order valence-electron chi connectivity index (χ2n) is 11.7. The predicted molar refractivity (Wildman–Crippen MR) is 122 cm³/mol. The molecule has 0 spiro atoms. The van der Waals surface area contributed by atoms with Gasteiger partial charge in [-0.1, -0.05) is 60.6 Å². The summed E-state index contributed by atoms with van der Waals surface area (Å²) in [6, 6.07) is 0. The molecule has 0 amide bonds. The Morgan fingerprint density at radius 3 is 2.22 bits per heavy atom. The summed E-state index contributed by atoms with van der Waals surface area (Å²) in [6.07, 6.45) is 19.3. The molecule has 0 radical (unpaired) electrons. The van der Waals surface area contributed by atoms with Crippen LogP contribution in [-0.2, 0) is 0 Å². The zero-order valence-corrected chi connectivity index (χ0v) is 19.7. The fourth-order valence-corrected chi connectivity index (χ4v) is 12.4. The molecule has 5 rings (SSSR count). The second-order valence-corrected chi connectivity index (χ2v) is 14.7. The van der Waals surface area contributed by atoms with E-state index >= 15 is 0 Å². The fourth-order valence-electron chi connectivity index (χ4n) is 7.85. The molecule has 0 aromatic carbocycles. The van der Waals surface area contributed by atoms with Crippen molar-refractivity contribution in [3.63, 3.8) is 0 Å². The van der Waals surface area contributed by atoms with Crippen LogP contribution in [0.1, 0.15) is 98.8 Å². The van der Waals surface area contributed by atoms with Crippen molar-refractivity contribution in [1.29, 1.82) is 0 Å². The molecule has 0 aromatic rings. The molecular formula is C26H45P. The van der Waals surface area contributed by atoms with Gasteiger partial charge in [0.2, 0.25) is 0 Å². The van der Waals surface area contributed by atoms with Gasteiger partial charge < -0.3 is 0 Å². The van der Waals surface area contributed by atoms with Crippen LogP contribution in [-0.4, -0.2) is 17.0 Å². The van der Waals surface area contributed by atoms with Crippen LogP contribution in [0, 0.1) is 35.5 Å². The largest absolute Gasteiger partial charge is 0.0929 e. The molecule has 3 fully saturated rings. The first-order valence-corrected chi connectivity index (χ1v) is 13.9. The topological polar surface area (TPSA) is 0 Å². The third-order valence-electron chi connectivity index (χ3n) is 8.67. The molecule has 0 saturated heterocycles. The smallest absolute Gasteiger partial charge is 0.00633 e. The van der Waals surface area contributed by atoms with Crippen LogP contribution in [0.3, 0.4) is 0 Å². The highest BCUT2D eigenvalue weighted by Gasteiger charge is 2.52. The van der Waals surface area contributed by atoms with E-state index in [4.69, 9.17) is 0 Å². The Labute approximate surface area is 171 Å². The van der Waals surface area contributed by atoms with Gasteiger partial charge in [0.25, 0.3) is 0 Å². The van der Waals surface area contributed by atoms with Gasteiger partial charge in [-0.2, -0.15) is 0 Å². The zero-order chi connectivity index (χ0) is 19.2. The lowest BCUT2D eigenvalue weighted by Crippen LogP contribution is -2.48. The first kappa shape index (κ1) is 20.4. The van der Waals surface area contributed by atoms with Crippen molar-refractivity contribution in [2.24, 2.45) is 35.5 Å². The van der Waals surface area contributed by atoms with E-state index in [1.165, 1.54) is 44.9 Å².